The predicted molar refractivity (Wildman–Crippen MR) is 73.4 cm³/mol. The molecule has 102 valence electrons. The Balaban J connectivity index is 2.19. The monoisotopic (exact) mass is 242 g/mol. The molecule has 1 fully saturated rings. The Morgan fingerprint density at radius 1 is 1.41 bits per heavy atom. The van der Waals surface area contributed by atoms with Gasteiger partial charge >= 0.3 is 0 Å². The largest absolute Gasteiger partial charge is 0.377 e. The van der Waals surface area contributed by atoms with Gasteiger partial charge in [-0.2, -0.15) is 0 Å². The zero-order chi connectivity index (χ0) is 12.5. The van der Waals surface area contributed by atoms with Crippen LogP contribution in [0, 0.1) is 5.92 Å². The molecule has 17 heavy (non-hydrogen) atoms. The molecule has 1 aliphatic rings. The first-order valence-corrected chi connectivity index (χ1v) is 7.30. The van der Waals surface area contributed by atoms with Gasteiger partial charge in [0.2, 0.25) is 0 Å². The Morgan fingerprint density at radius 3 is 2.94 bits per heavy atom. The highest BCUT2D eigenvalue weighted by atomic mass is 16.5. The minimum Gasteiger partial charge on any atom is -0.377 e. The van der Waals surface area contributed by atoms with Crippen molar-refractivity contribution in [3.8, 4) is 0 Å². The van der Waals surface area contributed by atoms with E-state index in [4.69, 9.17) is 4.74 Å². The number of likely N-dealkylation sites (tertiary alicyclic amines) is 1. The maximum absolute atomic E-state index is 5.87. The average molecular weight is 242 g/mol. The van der Waals surface area contributed by atoms with E-state index in [1.54, 1.807) is 0 Å². The van der Waals surface area contributed by atoms with E-state index in [1.165, 1.54) is 25.9 Å². The maximum Gasteiger partial charge on any atom is 0.0702 e. The van der Waals surface area contributed by atoms with Crippen LogP contribution in [-0.4, -0.2) is 50.3 Å². The van der Waals surface area contributed by atoms with E-state index in [1.807, 2.05) is 0 Å². The van der Waals surface area contributed by atoms with E-state index >= 15 is 0 Å². The van der Waals surface area contributed by atoms with Crippen molar-refractivity contribution in [2.45, 2.75) is 46.1 Å². The standard InChI is InChI=1S/C14H30N2O/c1-4-9-17-14-7-6-8-16(12-14)11-13(3)10-15-5-2/h13-15H,4-12H2,1-3H3. The van der Waals surface area contributed by atoms with Crippen LogP contribution >= 0.6 is 0 Å². The summed E-state index contributed by atoms with van der Waals surface area (Å²) in [4.78, 5) is 2.58. The number of rotatable bonds is 8. The van der Waals surface area contributed by atoms with Crippen LogP contribution < -0.4 is 5.32 Å². The molecule has 3 nitrogen and oxygen atoms in total. The Morgan fingerprint density at radius 2 is 2.24 bits per heavy atom. The molecular formula is C14H30N2O. The first kappa shape index (κ1) is 14.9. The van der Waals surface area contributed by atoms with Gasteiger partial charge in [0.1, 0.15) is 0 Å². The third kappa shape index (κ3) is 6.39. The van der Waals surface area contributed by atoms with Gasteiger partial charge in [-0.15, -0.1) is 0 Å². The first-order valence-electron chi connectivity index (χ1n) is 7.30. The molecule has 1 aliphatic heterocycles. The second-order valence-electron chi connectivity index (χ2n) is 5.31. The van der Waals surface area contributed by atoms with Crippen molar-refractivity contribution in [3.63, 3.8) is 0 Å². The van der Waals surface area contributed by atoms with E-state index in [-0.39, 0.29) is 0 Å². The number of hydrogen-bond donors (Lipinski definition) is 1. The SMILES string of the molecule is CCCOC1CCCN(CC(C)CNCC)C1. The summed E-state index contributed by atoms with van der Waals surface area (Å²) in [6.07, 6.45) is 4.16. The van der Waals surface area contributed by atoms with Crippen LogP contribution in [0.1, 0.15) is 40.0 Å². The third-order valence-electron chi connectivity index (χ3n) is 3.33. The molecule has 2 unspecified atom stereocenters. The Labute approximate surface area is 107 Å². The van der Waals surface area contributed by atoms with Crippen molar-refractivity contribution < 1.29 is 4.74 Å². The predicted octanol–water partition coefficient (Wildman–Crippen LogP) is 2.12. The van der Waals surface area contributed by atoms with Gasteiger partial charge in [0.25, 0.3) is 0 Å². The minimum absolute atomic E-state index is 0.482. The molecular weight excluding hydrogens is 212 g/mol. The Hall–Kier alpha value is -0.120. The van der Waals surface area contributed by atoms with Gasteiger partial charge in [0, 0.05) is 19.7 Å². The lowest BCUT2D eigenvalue weighted by molar-refractivity contribution is -0.00320. The van der Waals surface area contributed by atoms with Crippen molar-refractivity contribution in [2.24, 2.45) is 5.92 Å². The van der Waals surface area contributed by atoms with Gasteiger partial charge in [-0.3, -0.25) is 0 Å². The molecule has 1 N–H and O–H groups in total. The lowest BCUT2D eigenvalue weighted by atomic mass is 10.1. The fourth-order valence-corrected chi connectivity index (χ4v) is 2.50. The van der Waals surface area contributed by atoms with Crippen LogP contribution in [0.3, 0.4) is 0 Å². The molecule has 2 atom stereocenters. The number of nitrogens with zero attached hydrogens (tertiary/aromatic N) is 1. The molecule has 1 heterocycles. The maximum atomic E-state index is 5.87. The third-order valence-corrected chi connectivity index (χ3v) is 3.33. The van der Waals surface area contributed by atoms with Crippen LogP contribution in [0.2, 0.25) is 0 Å². The summed E-state index contributed by atoms with van der Waals surface area (Å²) in [7, 11) is 0. The molecule has 0 aromatic carbocycles. The Bertz CT molecular complexity index is 185. The highest BCUT2D eigenvalue weighted by molar-refractivity contribution is 4.75. The lowest BCUT2D eigenvalue weighted by Gasteiger charge is -2.34. The summed E-state index contributed by atoms with van der Waals surface area (Å²) in [5.74, 6) is 0.736. The summed E-state index contributed by atoms with van der Waals surface area (Å²) in [6.45, 7) is 13.4. The summed E-state index contributed by atoms with van der Waals surface area (Å²) in [5.41, 5.74) is 0. The molecule has 0 aromatic heterocycles. The lowest BCUT2D eigenvalue weighted by Crippen LogP contribution is -2.43. The van der Waals surface area contributed by atoms with Crippen molar-refractivity contribution in [1.29, 1.82) is 0 Å². The number of nitrogens with one attached hydrogen (secondary N) is 1. The van der Waals surface area contributed by atoms with E-state index in [0.29, 0.717) is 6.10 Å². The van der Waals surface area contributed by atoms with Crippen LogP contribution in [0.25, 0.3) is 0 Å². The minimum atomic E-state index is 0.482. The molecule has 0 radical (unpaired) electrons. The topological polar surface area (TPSA) is 24.5 Å². The van der Waals surface area contributed by atoms with Gasteiger partial charge in [0.15, 0.2) is 0 Å². The molecule has 0 spiro atoms. The zero-order valence-electron chi connectivity index (χ0n) is 11.9. The molecule has 0 amide bonds. The number of hydrogen-bond acceptors (Lipinski definition) is 3. The van der Waals surface area contributed by atoms with Crippen LogP contribution in [0.15, 0.2) is 0 Å². The Kier molecular flexibility index (Phi) is 7.82. The van der Waals surface area contributed by atoms with Gasteiger partial charge < -0.3 is 15.0 Å². The van der Waals surface area contributed by atoms with Gasteiger partial charge in [-0.1, -0.05) is 20.8 Å². The van der Waals surface area contributed by atoms with Crippen LogP contribution in [-0.2, 0) is 4.74 Å². The molecule has 0 saturated carbocycles. The molecule has 0 bridgehead atoms. The summed E-state index contributed by atoms with van der Waals surface area (Å²) < 4.78 is 5.87. The highest BCUT2D eigenvalue weighted by Crippen LogP contribution is 2.14. The summed E-state index contributed by atoms with van der Waals surface area (Å²) in [5, 5.41) is 3.43. The van der Waals surface area contributed by atoms with Crippen molar-refractivity contribution in [2.75, 3.05) is 39.3 Å². The van der Waals surface area contributed by atoms with E-state index in [2.05, 4.69) is 31.0 Å². The smallest absolute Gasteiger partial charge is 0.0702 e. The zero-order valence-corrected chi connectivity index (χ0v) is 11.9. The van der Waals surface area contributed by atoms with Gasteiger partial charge in [-0.25, -0.2) is 0 Å². The number of piperidine rings is 1. The molecule has 3 heteroatoms. The second kappa shape index (κ2) is 8.90. The van der Waals surface area contributed by atoms with Crippen molar-refractivity contribution >= 4 is 0 Å². The second-order valence-corrected chi connectivity index (χ2v) is 5.31. The fourth-order valence-electron chi connectivity index (χ4n) is 2.50. The fraction of sp³-hybridized carbons (Fsp3) is 1.00. The number of ether oxygens (including phenoxy) is 1. The summed E-state index contributed by atoms with van der Waals surface area (Å²) >= 11 is 0. The normalized spacial score (nSPS) is 23.8. The molecule has 0 aliphatic carbocycles. The van der Waals surface area contributed by atoms with E-state index in [0.717, 1.165) is 38.6 Å². The molecule has 1 rings (SSSR count). The highest BCUT2D eigenvalue weighted by Gasteiger charge is 2.21. The van der Waals surface area contributed by atoms with Gasteiger partial charge in [0.05, 0.1) is 6.10 Å². The molecule has 1 saturated heterocycles. The van der Waals surface area contributed by atoms with Crippen LogP contribution in [0.5, 0.6) is 0 Å². The van der Waals surface area contributed by atoms with E-state index < -0.39 is 0 Å². The first-order chi connectivity index (χ1) is 8.26. The van der Waals surface area contributed by atoms with Crippen molar-refractivity contribution in [1.82, 2.24) is 10.2 Å². The quantitative estimate of drug-likeness (QED) is 0.705. The van der Waals surface area contributed by atoms with Gasteiger partial charge in [-0.05, 0) is 44.8 Å². The van der Waals surface area contributed by atoms with E-state index in [9.17, 15) is 0 Å². The van der Waals surface area contributed by atoms with Crippen molar-refractivity contribution in [3.05, 3.63) is 0 Å². The van der Waals surface area contributed by atoms with Crippen LogP contribution in [0.4, 0.5) is 0 Å². The molecule has 0 aromatic rings. The average Bonchev–Trinajstić information content (AvgIpc) is 2.34. The summed E-state index contributed by atoms with van der Waals surface area (Å²) in [6, 6.07) is 0.